The molecular formula is C28H31BF3N3O6S. The number of aromatic nitrogens is 3. The molecule has 2 aromatic heterocycles. The largest absolute Gasteiger partial charge is 0.515 e. The van der Waals surface area contributed by atoms with Gasteiger partial charge in [0, 0.05) is 17.8 Å². The van der Waals surface area contributed by atoms with E-state index in [2.05, 4.69) is 10.1 Å². The summed E-state index contributed by atoms with van der Waals surface area (Å²) < 4.78 is 84.7. The van der Waals surface area contributed by atoms with E-state index in [1.165, 1.54) is 41.2 Å². The molecule has 0 N–H and O–H groups in total. The predicted molar refractivity (Wildman–Crippen MR) is 148 cm³/mol. The van der Waals surface area contributed by atoms with Crippen LogP contribution in [0.25, 0.3) is 5.82 Å². The van der Waals surface area contributed by atoms with E-state index in [1.54, 1.807) is 18.2 Å². The standard InChI is InChI=1S/C28H31BF3N3O6S/c1-25(2)26(3,4)41-29(40-25)24-20(21(36)18-42(37,38)19-8-6-5-7-9-19)10-11-22(33-24)35-16-12-23(34-35)39-17-15-27(13-14-27)28(30,31)32/h5-12,16H,13-15,17-18H2,1-4H3. The van der Waals surface area contributed by atoms with Crippen molar-refractivity contribution >= 4 is 28.3 Å². The van der Waals surface area contributed by atoms with Crippen molar-refractivity contribution in [2.45, 2.75) is 69.2 Å². The Bertz CT molecular complexity index is 1570. The maximum absolute atomic E-state index is 13.4. The summed E-state index contributed by atoms with van der Waals surface area (Å²) in [5, 5.41) is 4.27. The second-order valence-electron chi connectivity index (χ2n) is 11.7. The van der Waals surface area contributed by atoms with E-state index in [-0.39, 0.29) is 53.6 Å². The van der Waals surface area contributed by atoms with Crippen molar-refractivity contribution in [1.29, 1.82) is 0 Å². The zero-order valence-electron chi connectivity index (χ0n) is 23.6. The maximum atomic E-state index is 13.4. The highest BCUT2D eigenvalue weighted by Gasteiger charge is 2.62. The highest BCUT2D eigenvalue weighted by molar-refractivity contribution is 7.92. The Labute approximate surface area is 242 Å². The molecule has 0 radical (unpaired) electrons. The summed E-state index contributed by atoms with van der Waals surface area (Å²) in [6.45, 7) is 7.19. The molecule has 0 spiro atoms. The van der Waals surface area contributed by atoms with E-state index >= 15 is 0 Å². The molecule has 3 heterocycles. The zero-order valence-corrected chi connectivity index (χ0v) is 24.5. The molecule has 224 valence electrons. The summed E-state index contributed by atoms with van der Waals surface area (Å²) in [6, 6.07) is 12.1. The van der Waals surface area contributed by atoms with E-state index in [9.17, 15) is 26.4 Å². The van der Waals surface area contributed by atoms with Gasteiger partial charge in [0.05, 0.1) is 33.7 Å². The molecule has 0 atom stereocenters. The number of Topliss-reactive ketones (excluding diaryl/α,β-unsaturated/α-hetero) is 1. The van der Waals surface area contributed by atoms with Gasteiger partial charge in [-0.1, -0.05) is 18.2 Å². The lowest BCUT2D eigenvalue weighted by Gasteiger charge is -2.32. The van der Waals surface area contributed by atoms with Crippen LogP contribution < -0.4 is 10.3 Å². The van der Waals surface area contributed by atoms with Gasteiger partial charge in [0.25, 0.3) is 0 Å². The molecule has 1 saturated carbocycles. The molecule has 1 aliphatic heterocycles. The molecule has 5 rings (SSSR count). The number of alkyl halides is 3. The van der Waals surface area contributed by atoms with Crippen molar-refractivity contribution in [3.8, 4) is 11.7 Å². The van der Waals surface area contributed by atoms with Gasteiger partial charge < -0.3 is 14.0 Å². The van der Waals surface area contributed by atoms with E-state index in [4.69, 9.17) is 14.0 Å². The molecule has 1 aromatic carbocycles. The first-order valence-corrected chi connectivity index (χ1v) is 15.1. The Balaban J connectivity index is 1.41. The average Bonchev–Trinajstić information content (AvgIpc) is 3.51. The van der Waals surface area contributed by atoms with Crippen LogP contribution in [0.2, 0.25) is 0 Å². The van der Waals surface area contributed by atoms with Crippen LogP contribution in [0.5, 0.6) is 5.88 Å². The number of carbonyl (C=O) groups is 1. The lowest BCUT2D eigenvalue weighted by Crippen LogP contribution is -2.41. The number of halogens is 3. The first kappa shape index (κ1) is 30.2. The summed E-state index contributed by atoms with van der Waals surface area (Å²) in [5.74, 6) is -1.12. The van der Waals surface area contributed by atoms with Crippen molar-refractivity contribution in [2.24, 2.45) is 5.41 Å². The van der Waals surface area contributed by atoms with Crippen molar-refractivity contribution in [1.82, 2.24) is 14.8 Å². The molecule has 1 aliphatic carbocycles. The SMILES string of the molecule is CC1(C)OB(c2nc(-n3ccc(OCCC4(C(F)(F)F)CC4)n3)ccc2C(=O)CS(=O)(=O)c2ccccc2)OC1(C)C. The predicted octanol–water partition coefficient (Wildman–Crippen LogP) is 4.33. The molecule has 0 amide bonds. The molecule has 0 unspecified atom stereocenters. The van der Waals surface area contributed by atoms with Gasteiger partial charge in [-0.05, 0) is 71.2 Å². The van der Waals surface area contributed by atoms with E-state index < -0.39 is 51.3 Å². The number of hydrogen-bond donors (Lipinski definition) is 0. The van der Waals surface area contributed by atoms with Crippen LogP contribution in [0.3, 0.4) is 0 Å². The Morgan fingerprint density at radius 2 is 1.67 bits per heavy atom. The minimum Gasteiger partial charge on any atom is -0.477 e. The summed E-state index contributed by atoms with van der Waals surface area (Å²) in [6.07, 6.45) is -2.71. The molecule has 9 nitrogen and oxygen atoms in total. The number of pyridine rings is 1. The molecule has 1 saturated heterocycles. The topological polar surface area (TPSA) is 110 Å². The Hall–Kier alpha value is -3.23. The normalized spacial score (nSPS) is 19.1. The van der Waals surface area contributed by atoms with Crippen LogP contribution in [0.15, 0.2) is 59.6 Å². The summed E-state index contributed by atoms with van der Waals surface area (Å²) >= 11 is 0. The molecular weight excluding hydrogens is 574 g/mol. The summed E-state index contributed by atoms with van der Waals surface area (Å²) in [7, 11) is -5.03. The fraction of sp³-hybridized carbons (Fsp3) is 0.464. The summed E-state index contributed by atoms with van der Waals surface area (Å²) in [5.41, 5.74) is -3.12. The minimum atomic E-state index is -4.26. The first-order chi connectivity index (χ1) is 19.5. The van der Waals surface area contributed by atoms with Crippen LogP contribution in [-0.2, 0) is 19.1 Å². The molecule has 3 aromatic rings. The lowest BCUT2D eigenvalue weighted by molar-refractivity contribution is -0.190. The van der Waals surface area contributed by atoms with Crippen molar-refractivity contribution in [2.75, 3.05) is 12.4 Å². The number of benzene rings is 1. The lowest BCUT2D eigenvalue weighted by atomic mass is 9.80. The Morgan fingerprint density at radius 1 is 1.02 bits per heavy atom. The second kappa shape index (κ2) is 10.5. The highest BCUT2D eigenvalue weighted by atomic mass is 32.2. The first-order valence-electron chi connectivity index (χ1n) is 13.5. The van der Waals surface area contributed by atoms with Gasteiger partial charge >= 0.3 is 13.3 Å². The molecule has 2 fully saturated rings. The van der Waals surface area contributed by atoms with Gasteiger partial charge in [-0.2, -0.15) is 13.2 Å². The van der Waals surface area contributed by atoms with Gasteiger partial charge in [-0.25, -0.2) is 18.1 Å². The molecule has 14 heteroatoms. The van der Waals surface area contributed by atoms with Gasteiger partial charge in [0.1, 0.15) is 5.75 Å². The van der Waals surface area contributed by atoms with Crippen molar-refractivity contribution in [3.63, 3.8) is 0 Å². The van der Waals surface area contributed by atoms with Crippen LogP contribution in [-0.4, -0.2) is 65.8 Å². The monoisotopic (exact) mass is 605 g/mol. The van der Waals surface area contributed by atoms with E-state index in [1.807, 2.05) is 27.7 Å². The zero-order chi connectivity index (χ0) is 30.6. The third-order valence-corrected chi connectivity index (χ3v) is 9.83. The van der Waals surface area contributed by atoms with Gasteiger partial charge in [-0.15, -0.1) is 5.10 Å². The van der Waals surface area contributed by atoms with Gasteiger partial charge in [-0.3, -0.25) is 4.79 Å². The second-order valence-corrected chi connectivity index (χ2v) is 13.7. The van der Waals surface area contributed by atoms with Crippen LogP contribution >= 0.6 is 0 Å². The van der Waals surface area contributed by atoms with Gasteiger partial charge in [0.2, 0.25) is 5.88 Å². The Morgan fingerprint density at radius 3 is 2.26 bits per heavy atom. The number of rotatable bonds is 10. The average molecular weight is 605 g/mol. The van der Waals surface area contributed by atoms with Crippen LogP contribution in [0.4, 0.5) is 13.2 Å². The molecule has 0 bridgehead atoms. The van der Waals surface area contributed by atoms with Crippen LogP contribution in [0.1, 0.15) is 57.3 Å². The quantitative estimate of drug-likeness (QED) is 0.248. The van der Waals surface area contributed by atoms with Crippen LogP contribution in [0, 0.1) is 5.41 Å². The maximum Gasteiger partial charge on any atom is 0.515 e. The summed E-state index contributed by atoms with van der Waals surface area (Å²) in [4.78, 5) is 18.0. The number of ether oxygens (including phenoxy) is 1. The van der Waals surface area contributed by atoms with E-state index in [0.717, 1.165) is 0 Å². The fourth-order valence-corrected chi connectivity index (χ4v) is 5.85. The van der Waals surface area contributed by atoms with Crippen molar-refractivity contribution < 1.29 is 40.4 Å². The third kappa shape index (κ3) is 5.84. The van der Waals surface area contributed by atoms with E-state index in [0.29, 0.717) is 0 Å². The Kier molecular flexibility index (Phi) is 7.56. The third-order valence-electron chi connectivity index (χ3n) is 8.20. The number of ketones is 1. The van der Waals surface area contributed by atoms with Gasteiger partial charge in [0.15, 0.2) is 21.4 Å². The number of hydrogen-bond acceptors (Lipinski definition) is 8. The number of sulfone groups is 1. The van der Waals surface area contributed by atoms with Crippen molar-refractivity contribution in [3.05, 3.63) is 60.3 Å². The minimum absolute atomic E-state index is 0.0160. The molecule has 2 aliphatic rings. The fourth-order valence-electron chi connectivity index (χ4n) is 4.61. The highest BCUT2D eigenvalue weighted by Crippen LogP contribution is 2.59. The number of nitrogens with zero attached hydrogens (tertiary/aromatic N) is 3. The number of carbonyl (C=O) groups excluding carboxylic acids is 1. The smallest absolute Gasteiger partial charge is 0.477 e. The molecule has 42 heavy (non-hydrogen) atoms.